The summed E-state index contributed by atoms with van der Waals surface area (Å²) in [7, 11) is -3.60. The molecule has 29 heavy (non-hydrogen) atoms. The monoisotopic (exact) mass is 434 g/mol. The average molecular weight is 435 g/mol. The van der Waals surface area contributed by atoms with E-state index in [2.05, 4.69) is 30.4 Å². The number of nitrogens with one attached hydrogen (secondary N) is 1. The highest BCUT2D eigenvalue weighted by Crippen LogP contribution is 2.23. The van der Waals surface area contributed by atoms with Crippen LogP contribution in [0.5, 0.6) is 0 Å². The molecule has 0 bridgehead atoms. The lowest BCUT2D eigenvalue weighted by Crippen LogP contribution is -2.49. The van der Waals surface area contributed by atoms with Gasteiger partial charge in [0.15, 0.2) is 0 Å². The summed E-state index contributed by atoms with van der Waals surface area (Å²) in [5, 5.41) is 2.90. The molecule has 0 aliphatic heterocycles. The Labute approximate surface area is 178 Å². The van der Waals surface area contributed by atoms with Gasteiger partial charge in [0.05, 0.1) is 11.9 Å². The van der Waals surface area contributed by atoms with Gasteiger partial charge in [-0.3, -0.25) is 9.10 Å². The van der Waals surface area contributed by atoms with E-state index in [0.717, 1.165) is 23.3 Å². The van der Waals surface area contributed by atoms with Crippen LogP contribution >= 0.6 is 11.8 Å². The van der Waals surface area contributed by atoms with E-state index in [1.54, 1.807) is 23.9 Å². The van der Waals surface area contributed by atoms with E-state index in [1.807, 2.05) is 32.0 Å². The summed E-state index contributed by atoms with van der Waals surface area (Å²) in [6.45, 7) is 6.33. The van der Waals surface area contributed by atoms with Crippen LogP contribution in [0.1, 0.15) is 30.0 Å². The van der Waals surface area contributed by atoms with E-state index in [9.17, 15) is 13.2 Å². The van der Waals surface area contributed by atoms with Crippen molar-refractivity contribution in [3.05, 3.63) is 65.2 Å². The molecule has 2 aromatic carbocycles. The fraction of sp³-hybridized carbons (Fsp3) is 0.409. The lowest BCUT2D eigenvalue weighted by molar-refractivity contribution is -0.122. The minimum absolute atomic E-state index is 0.269. The first kappa shape index (κ1) is 23.3. The first-order valence-electron chi connectivity index (χ1n) is 9.69. The molecule has 2 aromatic rings. The molecular weight excluding hydrogens is 404 g/mol. The Hall–Kier alpha value is -1.99. The Balaban J connectivity index is 1.95. The predicted molar refractivity (Wildman–Crippen MR) is 123 cm³/mol. The molecule has 0 aromatic heterocycles. The van der Waals surface area contributed by atoms with Gasteiger partial charge in [-0.25, -0.2) is 8.42 Å². The molecule has 0 heterocycles. The second-order valence-corrected chi connectivity index (χ2v) is 10.1. The lowest BCUT2D eigenvalue weighted by atomic mass is 10.1. The molecule has 1 amide bonds. The summed E-state index contributed by atoms with van der Waals surface area (Å²) in [4.78, 5) is 12.8. The zero-order valence-corrected chi connectivity index (χ0v) is 19.1. The number of hydrogen-bond acceptors (Lipinski definition) is 4. The van der Waals surface area contributed by atoms with Gasteiger partial charge in [0.25, 0.3) is 0 Å². The van der Waals surface area contributed by atoms with E-state index in [-0.39, 0.29) is 5.91 Å². The average Bonchev–Trinajstić information content (AvgIpc) is 2.65. The standard InChI is InChI=1S/C22H30N2O3S2/c1-5-21(24(29(4,26)27)20-11-9-17(2)10-12-20)22(25)23-13-14-28-16-19-8-6-7-18(3)15-19/h6-12,15,21H,5,13-14,16H2,1-4H3,(H,23,25)/t21-/m1/s1. The Kier molecular flexibility index (Phi) is 8.59. The number of thioether (sulfide) groups is 1. The molecule has 0 aliphatic carbocycles. The third-order valence-corrected chi connectivity index (χ3v) is 6.73. The molecule has 0 saturated carbocycles. The first-order valence-corrected chi connectivity index (χ1v) is 12.7. The van der Waals surface area contributed by atoms with E-state index >= 15 is 0 Å². The number of nitrogens with zero attached hydrogens (tertiary/aromatic N) is 1. The maximum atomic E-state index is 12.8. The highest BCUT2D eigenvalue weighted by atomic mass is 32.2. The highest BCUT2D eigenvalue weighted by molar-refractivity contribution is 7.98. The van der Waals surface area contributed by atoms with Crippen molar-refractivity contribution in [3.63, 3.8) is 0 Å². The number of carbonyl (C=O) groups excluding carboxylic acids is 1. The normalized spacial score (nSPS) is 12.4. The number of amides is 1. The Bertz CT molecular complexity index is 912. The second kappa shape index (κ2) is 10.7. The van der Waals surface area contributed by atoms with E-state index < -0.39 is 16.1 Å². The summed E-state index contributed by atoms with van der Waals surface area (Å²) in [5.41, 5.74) is 4.04. The molecule has 1 N–H and O–H groups in total. The summed E-state index contributed by atoms with van der Waals surface area (Å²) in [6.07, 6.45) is 1.53. The lowest BCUT2D eigenvalue weighted by Gasteiger charge is -2.30. The van der Waals surface area contributed by atoms with Crippen LogP contribution in [0.4, 0.5) is 5.69 Å². The molecule has 0 radical (unpaired) electrons. The van der Waals surface area contributed by atoms with Crippen LogP contribution in [0.2, 0.25) is 0 Å². The Morgan fingerprint density at radius 2 is 1.79 bits per heavy atom. The summed E-state index contributed by atoms with van der Waals surface area (Å²) < 4.78 is 26.1. The third-order valence-electron chi connectivity index (χ3n) is 4.52. The van der Waals surface area contributed by atoms with Gasteiger partial charge in [-0.15, -0.1) is 0 Å². The molecule has 0 unspecified atom stereocenters. The minimum atomic E-state index is -3.60. The van der Waals surface area contributed by atoms with Gasteiger partial charge in [-0.2, -0.15) is 11.8 Å². The number of carbonyl (C=O) groups is 1. The predicted octanol–water partition coefficient (Wildman–Crippen LogP) is 3.90. The highest BCUT2D eigenvalue weighted by Gasteiger charge is 2.31. The quantitative estimate of drug-likeness (QED) is 0.576. The van der Waals surface area contributed by atoms with Crippen molar-refractivity contribution in [2.45, 2.75) is 39.0 Å². The number of hydrogen-bond donors (Lipinski definition) is 1. The number of aryl methyl sites for hydroxylation is 2. The van der Waals surface area contributed by atoms with Crippen molar-refractivity contribution in [1.82, 2.24) is 5.32 Å². The maximum Gasteiger partial charge on any atom is 0.243 e. The number of rotatable bonds is 10. The number of sulfonamides is 1. The van der Waals surface area contributed by atoms with Crippen molar-refractivity contribution in [2.75, 3.05) is 22.9 Å². The van der Waals surface area contributed by atoms with Gasteiger partial charge >= 0.3 is 0 Å². The largest absolute Gasteiger partial charge is 0.353 e. The van der Waals surface area contributed by atoms with E-state index in [0.29, 0.717) is 18.7 Å². The SMILES string of the molecule is CC[C@H](C(=O)NCCSCc1cccc(C)c1)N(c1ccc(C)cc1)S(C)(=O)=O. The van der Waals surface area contributed by atoms with Crippen LogP contribution in [0.3, 0.4) is 0 Å². The topological polar surface area (TPSA) is 66.5 Å². The Morgan fingerprint density at radius 1 is 1.10 bits per heavy atom. The minimum Gasteiger partial charge on any atom is -0.353 e. The molecule has 0 spiro atoms. The molecule has 1 atom stereocenters. The van der Waals surface area contributed by atoms with Gasteiger partial charge in [0.2, 0.25) is 15.9 Å². The van der Waals surface area contributed by atoms with E-state index in [1.165, 1.54) is 15.4 Å². The van der Waals surface area contributed by atoms with Crippen molar-refractivity contribution < 1.29 is 13.2 Å². The Morgan fingerprint density at radius 3 is 2.38 bits per heavy atom. The van der Waals surface area contributed by atoms with Crippen molar-refractivity contribution >= 4 is 33.4 Å². The molecule has 0 aliphatic rings. The van der Waals surface area contributed by atoms with Crippen molar-refractivity contribution in [2.24, 2.45) is 0 Å². The fourth-order valence-electron chi connectivity index (χ4n) is 3.11. The van der Waals surface area contributed by atoms with Gasteiger partial charge in [0, 0.05) is 18.1 Å². The number of anilines is 1. The van der Waals surface area contributed by atoms with Gasteiger partial charge in [0.1, 0.15) is 6.04 Å². The van der Waals surface area contributed by atoms with Crippen molar-refractivity contribution in [3.8, 4) is 0 Å². The zero-order valence-electron chi connectivity index (χ0n) is 17.5. The van der Waals surface area contributed by atoms with Crippen LogP contribution in [0, 0.1) is 13.8 Å². The molecule has 158 valence electrons. The van der Waals surface area contributed by atoms with Gasteiger partial charge in [-0.1, -0.05) is 54.4 Å². The fourth-order valence-corrected chi connectivity index (χ4v) is 5.13. The second-order valence-electron chi connectivity index (χ2n) is 7.15. The van der Waals surface area contributed by atoms with Crippen LogP contribution in [0.15, 0.2) is 48.5 Å². The van der Waals surface area contributed by atoms with Crippen LogP contribution < -0.4 is 9.62 Å². The first-order chi connectivity index (χ1) is 13.7. The van der Waals surface area contributed by atoms with Gasteiger partial charge in [-0.05, 0) is 38.0 Å². The zero-order chi connectivity index (χ0) is 21.4. The van der Waals surface area contributed by atoms with E-state index in [4.69, 9.17) is 0 Å². The summed E-state index contributed by atoms with van der Waals surface area (Å²) in [6, 6.07) is 14.8. The maximum absolute atomic E-state index is 12.8. The third kappa shape index (κ3) is 7.08. The molecule has 5 nitrogen and oxygen atoms in total. The summed E-state index contributed by atoms with van der Waals surface area (Å²) in [5.74, 6) is 1.38. The van der Waals surface area contributed by atoms with Crippen LogP contribution in [-0.4, -0.2) is 38.9 Å². The van der Waals surface area contributed by atoms with Crippen molar-refractivity contribution in [1.29, 1.82) is 0 Å². The molecule has 0 saturated heterocycles. The van der Waals surface area contributed by atoms with Gasteiger partial charge < -0.3 is 5.32 Å². The molecule has 0 fully saturated rings. The van der Waals surface area contributed by atoms with Crippen LogP contribution in [-0.2, 0) is 20.6 Å². The van der Waals surface area contributed by atoms with Crippen LogP contribution in [0.25, 0.3) is 0 Å². The smallest absolute Gasteiger partial charge is 0.243 e. The molecular formula is C22H30N2O3S2. The summed E-state index contributed by atoms with van der Waals surface area (Å²) >= 11 is 1.74. The molecule has 2 rings (SSSR count). The molecule has 7 heteroatoms. The number of benzene rings is 2.